The Balaban J connectivity index is 0.00000191. The van der Waals surface area contributed by atoms with Crippen molar-refractivity contribution in [1.29, 1.82) is 0 Å². The van der Waals surface area contributed by atoms with Crippen molar-refractivity contribution >= 4 is 5.91 Å². The summed E-state index contributed by atoms with van der Waals surface area (Å²) in [6.07, 6.45) is 6.49. The van der Waals surface area contributed by atoms with Gasteiger partial charge in [-0.25, -0.2) is 0 Å². The normalized spacial score (nSPS) is 16.2. The average Bonchev–Trinajstić information content (AvgIpc) is 2.52. The van der Waals surface area contributed by atoms with Crippen LogP contribution in [0, 0.1) is 0 Å². The fourth-order valence-corrected chi connectivity index (χ4v) is 2.40. The maximum absolute atomic E-state index is 11.4. The third kappa shape index (κ3) is 11.7. The highest BCUT2D eigenvalue weighted by Gasteiger charge is 2.12. The van der Waals surface area contributed by atoms with Crippen molar-refractivity contribution in [3.63, 3.8) is 0 Å². The van der Waals surface area contributed by atoms with Crippen LogP contribution in [-0.4, -0.2) is 62.0 Å². The molecule has 21 heavy (non-hydrogen) atoms. The molecule has 1 N–H and O–H groups in total. The first-order chi connectivity index (χ1) is 10.2. The van der Waals surface area contributed by atoms with Crippen LogP contribution in [0.2, 0.25) is 0 Å². The first-order valence-corrected chi connectivity index (χ1v) is 8.90. The van der Waals surface area contributed by atoms with Crippen LogP contribution < -0.4 is 5.32 Å². The molecule has 0 saturated carbocycles. The van der Waals surface area contributed by atoms with Crippen LogP contribution in [0.25, 0.3) is 0 Å². The van der Waals surface area contributed by atoms with Crippen molar-refractivity contribution in [3.05, 3.63) is 0 Å². The molecule has 1 aliphatic rings. The molecule has 0 aromatic rings. The SMILES string of the molecule is CC.CCCNC(=O)CCCCCCN1CCN(C)CC1. The average molecular weight is 300 g/mol. The Kier molecular flexibility index (Phi) is 13.9. The Bertz CT molecular complexity index is 238. The molecule has 1 fully saturated rings. The zero-order valence-corrected chi connectivity index (χ0v) is 14.8. The summed E-state index contributed by atoms with van der Waals surface area (Å²) in [5, 5.41) is 2.93. The molecular weight excluding hydrogens is 262 g/mol. The van der Waals surface area contributed by atoms with Gasteiger partial charge in [0.15, 0.2) is 0 Å². The number of hydrogen-bond acceptors (Lipinski definition) is 3. The lowest BCUT2D eigenvalue weighted by atomic mass is 10.1. The number of unbranched alkanes of at least 4 members (excludes halogenated alkanes) is 3. The van der Waals surface area contributed by atoms with E-state index in [9.17, 15) is 4.79 Å². The maximum atomic E-state index is 11.4. The first-order valence-electron chi connectivity index (χ1n) is 8.90. The minimum Gasteiger partial charge on any atom is -0.356 e. The minimum atomic E-state index is 0.223. The van der Waals surface area contributed by atoms with Gasteiger partial charge in [-0.15, -0.1) is 0 Å². The lowest BCUT2D eigenvalue weighted by molar-refractivity contribution is -0.121. The van der Waals surface area contributed by atoms with Gasteiger partial charge in [0.2, 0.25) is 5.91 Å². The smallest absolute Gasteiger partial charge is 0.219 e. The van der Waals surface area contributed by atoms with E-state index >= 15 is 0 Å². The van der Waals surface area contributed by atoms with E-state index in [2.05, 4.69) is 29.1 Å². The molecule has 0 aromatic heterocycles. The van der Waals surface area contributed by atoms with Gasteiger partial charge >= 0.3 is 0 Å². The second-order valence-corrected chi connectivity index (χ2v) is 5.66. The number of carbonyl (C=O) groups excluding carboxylic acids is 1. The summed E-state index contributed by atoms with van der Waals surface area (Å²) in [6, 6.07) is 0. The van der Waals surface area contributed by atoms with Gasteiger partial charge in [-0.3, -0.25) is 4.79 Å². The molecule has 0 bridgehead atoms. The molecule has 1 heterocycles. The van der Waals surface area contributed by atoms with Gasteiger partial charge in [0.1, 0.15) is 0 Å². The summed E-state index contributed by atoms with van der Waals surface area (Å²) >= 11 is 0. The fraction of sp³-hybridized carbons (Fsp3) is 0.941. The van der Waals surface area contributed by atoms with E-state index in [1.807, 2.05) is 13.8 Å². The minimum absolute atomic E-state index is 0.223. The van der Waals surface area contributed by atoms with Gasteiger partial charge in [-0.05, 0) is 32.9 Å². The second kappa shape index (κ2) is 14.3. The number of likely N-dealkylation sites (N-methyl/N-ethyl adjacent to an activating group) is 1. The molecule has 1 aliphatic heterocycles. The summed E-state index contributed by atoms with van der Waals surface area (Å²) in [7, 11) is 2.20. The van der Waals surface area contributed by atoms with Gasteiger partial charge in [0.05, 0.1) is 0 Å². The Morgan fingerprint density at radius 1 is 1.00 bits per heavy atom. The predicted molar refractivity (Wildman–Crippen MR) is 91.7 cm³/mol. The van der Waals surface area contributed by atoms with Crippen LogP contribution in [0.5, 0.6) is 0 Å². The van der Waals surface area contributed by atoms with Crippen molar-refractivity contribution in [2.24, 2.45) is 0 Å². The van der Waals surface area contributed by atoms with Crippen molar-refractivity contribution in [2.45, 2.75) is 59.3 Å². The Morgan fingerprint density at radius 2 is 1.62 bits per heavy atom. The summed E-state index contributed by atoms with van der Waals surface area (Å²) in [4.78, 5) is 16.3. The molecule has 0 unspecified atom stereocenters. The topological polar surface area (TPSA) is 35.6 Å². The third-order valence-corrected chi connectivity index (χ3v) is 3.80. The highest BCUT2D eigenvalue weighted by molar-refractivity contribution is 5.75. The summed E-state index contributed by atoms with van der Waals surface area (Å²) in [5.41, 5.74) is 0. The number of piperazine rings is 1. The van der Waals surface area contributed by atoms with E-state index in [0.29, 0.717) is 6.42 Å². The van der Waals surface area contributed by atoms with Crippen LogP contribution in [-0.2, 0) is 4.79 Å². The molecule has 0 atom stereocenters. The van der Waals surface area contributed by atoms with E-state index in [0.717, 1.165) is 19.4 Å². The molecule has 0 radical (unpaired) electrons. The van der Waals surface area contributed by atoms with Crippen molar-refractivity contribution in [1.82, 2.24) is 15.1 Å². The van der Waals surface area contributed by atoms with Crippen LogP contribution >= 0.6 is 0 Å². The van der Waals surface area contributed by atoms with Gasteiger partial charge in [0, 0.05) is 39.1 Å². The molecule has 1 saturated heterocycles. The van der Waals surface area contributed by atoms with E-state index in [-0.39, 0.29) is 5.91 Å². The van der Waals surface area contributed by atoms with Gasteiger partial charge in [-0.2, -0.15) is 0 Å². The van der Waals surface area contributed by atoms with Crippen LogP contribution in [0.1, 0.15) is 59.3 Å². The standard InChI is InChI=1S/C15H31N3O.C2H6/c1-3-9-16-15(19)8-6-4-5-7-10-18-13-11-17(2)12-14-18;1-2/h3-14H2,1-2H3,(H,16,19);1-2H3. The zero-order valence-electron chi connectivity index (χ0n) is 14.8. The lowest BCUT2D eigenvalue weighted by Crippen LogP contribution is -2.44. The Hall–Kier alpha value is -0.610. The number of rotatable bonds is 9. The van der Waals surface area contributed by atoms with Gasteiger partial charge in [0.25, 0.3) is 0 Å². The van der Waals surface area contributed by atoms with Crippen molar-refractivity contribution < 1.29 is 4.79 Å². The molecule has 0 aliphatic carbocycles. The Labute approximate surface area is 132 Å². The number of amides is 1. The quantitative estimate of drug-likeness (QED) is 0.665. The highest BCUT2D eigenvalue weighted by atomic mass is 16.1. The number of nitrogens with one attached hydrogen (secondary N) is 1. The van der Waals surface area contributed by atoms with Crippen LogP contribution in [0.3, 0.4) is 0 Å². The maximum Gasteiger partial charge on any atom is 0.219 e. The summed E-state index contributed by atoms with van der Waals surface area (Å²) < 4.78 is 0. The predicted octanol–water partition coefficient (Wildman–Crippen LogP) is 2.74. The molecule has 1 amide bonds. The second-order valence-electron chi connectivity index (χ2n) is 5.66. The third-order valence-electron chi connectivity index (χ3n) is 3.80. The summed E-state index contributed by atoms with van der Waals surface area (Å²) in [6.45, 7) is 13.0. The molecular formula is C17H37N3O. The van der Waals surface area contributed by atoms with Crippen molar-refractivity contribution in [2.75, 3.05) is 46.3 Å². The van der Waals surface area contributed by atoms with E-state index < -0.39 is 0 Å². The molecule has 126 valence electrons. The molecule has 1 rings (SSSR count). The number of nitrogens with zero attached hydrogens (tertiary/aromatic N) is 2. The monoisotopic (exact) mass is 299 g/mol. The molecule has 0 aromatic carbocycles. The van der Waals surface area contributed by atoms with Crippen molar-refractivity contribution in [3.8, 4) is 0 Å². The molecule has 0 spiro atoms. The molecule has 4 heteroatoms. The fourth-order valence-electron chi connectivity index (χ4n) is 2.40. The lowest BCUT2D eigenvalue weighted by Gasteiger charge is -2.32. The van der Waals surface area contributed by atoms with Gasteiger partial charge < -0.3 is 15.1 Å². The molecule has 4 nitrogen and oxygen atoms in total. The van der Waals surface area contributed by atoms with Crippen LogP contribution in [0.4, 0.5) is 0 Å². The van der Waals surface area contributed by atoms with E-state index in [1.165, 1.54) is 52.0 Å². The van der Waals surface area contributed by atoms with Crippen LogP contribution in [0.15, 0.2) is 0 Å². The largest absolute Gasteiger partial charge is 0.356 e. The van der Waals surface area contributed by atoms with Gasteiger partial charge in [-0.1, -0.05) is 33.6 Å². The highest BCUT2D eigenvalue weighted by Crippen LogP contribution is 2.06. The van der Waals surface area contributed by atoms with E-state index in [1.54, 1.807) is 0 Å². The number of carbonyl (C=O) groups is 1. The summed E-state index contributed by atoms with van der Waals surface area (Å²) in [5.74, 6) is 0.223. The first kappa shape index (κ1) is 20.4. The van der Waals surface area contributed by atoms with E-state index in [4.69, 9.17) is 0 Å². The Morgan fingerprint density at radius 3 is 2.24 bits per heavy atom. The zero-order chi connectivity index (χ0) is 15.9. The number of hydrogen-bond donors (Lipinski definition) is 1.